The molecule has 19 heavy (non-hydrogen) atoms. The molecule has 0 radical (unpaired) electrons. The van der Waals surface area contributed by atoms with Gasteiger partial charge < -0.3 is 0 Å². The highest BCUT2D eigenvalue weighted by atomic mass is 35.5. The van der Waals surface area contributed by atoms with Gasteiger partial charge in [-0.05, 0) is 30.2 Å². The minimum Gasteiger partial charge on any atom is -0.299 e. The Labute approximate surface area is 120 Å². The van der Waals surface area contributed by atoms with Crippen LogP contribution in [0.15, 0.2) is 54.6 Å². The molecule has 2 heteroatoms. The standard InChI is InChI=1S/C17H20ClN/c1-2-19(14-15-8-4-3-5-9-15)13-12-16-10-6-7-11-17(16)18/h3-11H,2,12-14H2,1H3. The molecule has 0 spiro atoms. The van der Waals surface area contributed by atoms with Gasteiger partial charge in [-0.2, -0.15) is 0 Å². The second-order valence-corrected chi connectivity index (χ2v) is 5.10. The van der Waals surface area contributed by atoms with Crippen molar-refractivity contribution in [3.05, 3.63) is 70.7 Å². The second-order valence-electron chi connectivity index (χ2n) is 4.70. The van der Waals surface area contributed by atoms with Gasteiger partial charge in [0.2, 0.25) is 0 Å². The van der Waals surface area contributed by atoms with Gasteiger partial charge in [0, 0.05) is 18.1 Å². The Kier molecular flexibility index (Phi) is 5.44. The Balaban J connectivity index is 1.91. The normalized spacial score (nSPS) is 10.9. The van der Waals surface area contributed by atoms with E-state index in [0.717, 1.165) is 31.1 Å². The van der Waals surface area contributed by atoms with Crippen molar-refractivity contribution in [3.63, 3.8) is 0 Å². The van der Waals surface area contributed by atoms with Gasteiger partial charge in [0.25, 0.3) is 0 Å². The number of hydrogen-bond donors (Lipinski definition) is 0. The third-order valence-corrected chi connectivity index (χ3v) is 3.72. The van der Waals surface area contributed by atoms with Crippen LogP contribution in [0.1, 0.15) is 18.1 Å². The minimum atomic E-state index is 0.873. The Bertz CT molecular complexity index is 496. The topological polar surface area (TPSA) is 3.24 Å². The molecule has 0 saturated carbocycles. The summed E-state index contributed by atoms with van der Waals surface area (Å²) in [7, 11) is 0. The molecule has 0 unspecified atom stereocenters. The highest BCUT2D eigenvalue weighted by Crippen LogP contribution is 2.16. The Morgan fingerprint density at radius 2 is 1.63 bits per heavy atom. The number of nitrogens with zero attached hydrogens (tertiary/aromatic N) is 1. The molecule has 0 atom stereocenters. The fourth-order valence-corrected chi connectivity index (χ4v) is 2.40. The zero-order chi connectivity index (χ0) is 13.5. The molecule has 2 aromatic rings. The Morgan fingerprint density at radius 3 is 2.32 bits per heavy atom. The highest BCUT2D eigenvalue weighted by molar-refractivity contribution is 6.31. The molecule has 0 saturated heterocycles. The van der Waals surface area contributed by atoms with Crippen LogP contribution in [-0.4, -0.2) is 18.0 Å². The molecule has 1 nitrogen and oxygen atoms in total. The fourth-order valence-electron chi connectivity index (χ4n) is 2.17. The summed E-state index contributed by atoms with van der Waals surface area (Å²) in [5.41, 5.74) is 2.60. The molecule has 0 amide bonds. The van der Waals surface area contributed by atoms with E-state index < -0.39 is 0 Å². The van der Waals surface area contributed by atoms with Crippen molar-refractivity contribution in [2.75, 3.05) is 13.1 Å². The summed E-state index contributed by atoms with van der Waals surface area (Å²) in [5, 5.41) is 0.873. The number of benzene rings is 2. The van der Waals surface area contributed by atoms with Crippen LogP contribution < -0.4 is 0 Å². The maximum absolute atomic E-state index is 6.19. The second kappa shape index (κ2) is 7.32. The lowest BCUT2D eigenvalue weighted by molar-refractivity contribution is 0.283. The summed E-state index contributed by atoms with van der Waals surface area (Å²) in [5.74, 6) is 0. The molecule has 0 aliphatic carbocycles. The van der Waals surface area contributed by atoms with Crippen LogP contribution in [-0.2, 0) is 13.0 Å². The first-order chi connectivity index (χ1) is 9.29. The van der Waals surface area contributed by atoms with Gasteiger partial charge in [0.15, 0.2) is 0 Å². The van der Waals surface area contributed by atoms with Crippen molar-refractivity contribution in [1.29, 1.82) is 0 Å². The summed E-state index contributed by atoms with van der Waals surface area (Å²) in [4.78, 5) is 2.44. The maximum atomic E-state index is 6.19. The maximum Gasteiger partial charge on any atom is 0.0438 e. The monoisotopic (exact) mass is 273 g/mol. The minimum absolute atomic E-state index is 0.873. The van der Waals surface area contributed by atoms with Gasteiger partial charge in [-0.3, -0.25) is 4.90 Å². The van der Waals surface area contributed by atoms with Crippen molar-refractivity contribution in [1.82, 2.24) is 4.90 Å². The number of halogens is 1. The third kappa shape index (κ3) is 4.38. The summed E-state index contributed by atoms with van der Waals surface area (Å²) in [6.45, 7) is 5.30. The largest absolute Gasteiger partial charge is 0.299 e. The predicted octanol–water partition coefficient (Wildman–Crippen LogP) is 4.40. The quantitative estimate of drug-likeness (QED) is 0.754. The molecule has 0 heterocycles. The van der Waals surface area contributed by atoms with Gasteiger partial charge in [-0.25, -0.2) is 0 Å². The average Bonchev–Trinajstić information content (AvgIpc) is 2.46. The van der Waals surface area contributed by atoms with Crippen LogP contribution in [0.2, 0.25) is 5.02 Å². The van der Waals surface area contributed by atoms with E-state index in [1.807, 2.05) is 12.1 Å². The first kappa shape index (κ1) is 14.1. The van der Waals surface area contributed by atoms with Crippen LogP contribution >= 0.6 is 11.6 Å². The molecule has 0 bridgehead atoms. The fraction of sp³-hybridized carbons (Fsp3) is 0.294. The zero-order valence-electron chi connectivity index (χ0n) is 11.3. The zero-order valence-corrected chi connectivity index (χ0v) is 12.1. The molecule has 2 rings (SSSR count). The predicted molar refractivity (Wildman–Crippen MR) is 82.5 cm³/mol. The van der Waals surface area contributed by atoms with Crippen LogP contribution in [0.4, 0.5) is 0 Å². The summed E-state index contributed by atoms with van der Waals surface area (Å²) < 4.78 is 0. The van der Waals surface area contributed by atoms with Gasteiger partial charge >= 0.3 is 0 Å². The van der Waals surface area contributed by atoms with E-state index in [-0.39, 0.29) is 0 Å². The molecule has 0 aliphatic rings. The van der Waals surface area contributed by atoms with E-state index in [1.54, 1.807) is 0 Å². The molecule has 100 valence electrons. The molecule has 0 N–H and O–H groups in total. The lowest BCUT2D eigenvalue weighted by Gasteiger charge is -2.20. The lowest BCUT2D eigenvalue weighted by Crippen LogP contribution is -2.25. The number of hydrogen-bond acceptors (Lipinski definition) is 1. The van der Waals surface area contributed by atoms with Crippen molar-refractivity contribution >= 4 is 11.6 Å². The lowest BCUT2D eigenvalue weighted by atomic mass is 10.1. The van der Waals surface area contributed by atoms with Crippen molar-refractivity contribution in [3.8, 4) is 0 Å². The van der Waals surface area contributed by atoms with E-state index in [9.17, 15) is 0 Å². The van der Waals surface area contributed by atoms with Gasteiger partial charge in [0.05, 0.1) is 0 Å². The number of likely N-dealkylation sites (N-methyl/N-ethyl adjacent to an activating group) is 1. The Hall–Kier alpha value is -1.31. The van der Waals surface area contributed by atoms with E-state index >= 15 is 0 Å². The molecular formula is C17H20ClN. The third-order valence-electron chi connectivity index (χ3n) is 3.35. The summed E-state index contributed by atoms with van der Waals surface area (Å²) in [6, 6.07) is 18.7. The molecule has 2 aromatic carbocycles. The van der Waals surface area contributed by atoms with E-state index in [4.69, 9.17) is 11.6 Å². The number of rotatable bonds is 6. The van der Waals surface area contributed by atoms with Crippen LogP contribution in [0.5, 0.6) is 0 Å². The van der Waals surface area contributed by atoms with Gasteiger partial charge in [-0.15, -0.1) is 0 Å². The molecule has 0 aromatic heterocycles. The van der Waals surface area contributed by atoms with Gasteiger partial charge in [0.1, 0.15) is 0 Å². The molecule has 0 aliphatic heterocycles. The Morgan fingerprint density at radius 1 is 0.947 bits per heavy atom. The van der Waals surface area contributed by atoms with Crippen molar-refractivity contribution in [2.45, 2.75) is 19.9 Å². The van der Waals surface area contributed by atoms with Crippen molar-refractivity contribution < 1.29 is 0 Å². The highest BCUT2D eigenvalue weighted by Gasteiger charge is 2.05. The summed E-state index contributed by atoms with van der Waals surface area (Å²) >= 11 is 6.19. The van der Waals surface area contributed by atoms with E-state index in [2.05, 4.69) is 54.3 Å². The SMILES string of the molecule is CCN(CCc1ccccc1Cl)Cc1ccccc1. The van der Waals surface area contributed by atoms with E-state index in [0.29, 0.717) is 0 Å². The van der Waals surface area contributed by atoms with Crippen LogP contribution in [0.25, 0.3) is 0 Å². The van der Waals surface area contributed by atoms with Crippen LogP contribution in [0.3, 0.4) is 0 Å². The molecule has 0 fully saturated rings. The molecular weight excluding hydrogens is 254 g/mol. The first-order valence-electron chi connectivity index (χ1n) is 6.79. The first-order valence-corrected chi connectivity index (χ1v) is 7.17. The van der Waals surface area contributed by atoms with Gasteiger partial charge in [-0.1, -0.05) is 67.1 Å². The van der Waals surface area contributed by atoms with Crippen molar-refractivity contribution in [2.24, 2.45) is 0 Å². The van der Waals surface area contributed by atoms with E-state index in [1.165, 1.54) is 11.1 Å². The smallest absolute Gasteiger partial charge is 0.0438 e. The van der Waals surface area contributed by atoms with Crippen LogP contribution in [0, 0.1) is 0 Å². The summed E-state index contributed by atoms with van der Waals surface area (Å²) in [6.07, 6.45) is 1.00. The average molecular weight is 274 g/mol.